The lowest BCUT2D eigenvalue weighted by Crippen LogP contribution is -2.55. The molecule has 1 aliphatic heterocycles. The van der Waals surface area contributed by atoms with E-state index < -0.39 is 5.97 Å². The topological polar surface area (TPSA) is 76.7 Å². The third-order valence-corrected chi connectivity index (χ3v) is 6.44. The number of carbonyl (C=O) groups is 2. The van der Waals surface area contributed by atoms with E-state index in [0.717, 1.165) is 16.0 Å². The highest BCUT2D eigenvalue weighted by atomic mass is 32.1. The largest absolute Gasteiger partial charge is 0.484 e. The van der Waals surface area contributed by atoms with E-state index in [-0.39, 0.29) is 30.2 Å². The van der Waals surface area contributed by atoms with Crippen molar-refractivity contribution >= 4 is 28.2 Å². The van der Waals surface area contributed by atoms with Crippen LogP contribution in [0.25, 0.3) is 0 Å². The molecule has 30 heavy (non-hydrogen) atoms. The van der Waals surface area contributed by atoms with Gasteiger partial charge in [0.15, 0.2) is 6.61 Å². The summed E-state index contributed by atoms with van der Waals surface area (Å²) >= 11 is 1.42. The van der Waals surface area contributed by atoms with Crippen LogP contribution < -0.4 is 15.4 Å². The van der Waals surface area contributed by atoms with Crippen molar-refractivity contribution in [3.8, 4) is 5.75 Å². The summed E-state index contributed by atoms with van der Waals surface area (Å²) in [7, 11) is 0. The van der Waals surface area contributed by atoms with Gasteiger partial charge in [-0.15, -0.1) is 11.3 Å². The fourth-order valence-electron chi connectivity index (χ4n) is 3.98. The van der Waals surface area contributed by atoms with Crippen LogP contribution in [-0.2, 0) is 21.5 Å². The first-order chi connectivity index (χ1) is 14.0. The molecule has 1 aromatic carbocycles. The molecule has 0 saturated carbocycles. The molecular weight excluding hydrogens is 400 g/mol. The second-order valence-electron chi connectivity index (χ2n) is 8.79. The minimum atomic E-state index is -0.404. The molecule has 2 heterocycles. The van der Waals surface area contributed by atoms with Crippen LogP contribution in [0, 0.1) is 6.92 Å². The number of aryl methyl sites for hydroxylation is 1. The number of thiophene rings is 1. The summed E-state index contributed by atoms with van der Waals surface area (Å²) in [6, 6.07) is 7.51. The summed E-state index contributed by atoms with van der Waals surface area (Å²) in [4.78, 5) is 26.4. The molecule has 1 aromatic heterocycles. The van der Waals surface area contributed by atoms with E-state index >= 15 is 0 Å². The Morgan fingerprint density at radius 1 is 1.17 bits per heavy atom. The van der Waals surface area contributed by atoms with Crippen LogP contribution in [0.4, 0.5) is 5.00 Å². The van der Waals surface area contributed by atoms with Crippen LogP contribution in [0.2, 0.25) is 0 Å². The highest BCUT2D eigenvalue weighted by molar-refractivity contribution is 7.17. The summed E-state index contributed by atoms with van der Waals surface area (Å²) in [6.07, 6.45) is 0.673. The number of fused-ring (bicyclic) bond motifs is 1. The number of amides is 1. The van der Waals surface area contributed by atoms with Crippen molar-refractivity contribution in [2.45, 2.75) is 59.0 Å². The summed E-state index contributed by atoms with van der Waals surface area (Å²) < 4.78 is 10.9. The zero-order valence-corrected chi connectivity index (χ0v) is 19.3. The van der Waals surface area contributed by atoms with Gasteiger partial charge >= 0.3 is 5.97 Å². The summed E-state index contributed by atoms with van der Waals surface area (Å²) in [6.45, 7) is 12.3. The van der Waals surface area contributed by atoms with Crippen molar-refractivity contribution in [2.24, 2.45) is 0 Å². The van der Waals surface area contributed by atoms with Crippen molar-refractivity contribution in [1.29, 1.82) is 0 Å². The SMILES string of the molecule is CCOC(=O)c1c(NC(=O)COc2ccc(C)cc2)sc2c1CC(C)(C)NC2(C)C. The smallest absolute Gasteiger partial charge is 0.341 e. The minimum Gasteiger partial charge on any atom is -0.484 e. The number of esters is 1. The van der Waals surface area contributed by atoms with Gasteiger partial charge in [-0.25, -0.2) is 4.79 Å². The molecule has 2 N–H and O–H groups in total. The number of anilines is 1. The molecule has 1 aliphatic rings. The zero-order chi connectivity index (χ0) is 22.1. The highest BCUT2D eigenvalue weighted by Gasteiger charge is 2.42. The number of hydrogen-bond donors (Lipinski definition) is 2. The predicted molar refractivity (Wildman–Crippen MR) is 120 cm³/mol. The third-order valence-electron chi connectivity index (χ3n) is 4.97. The highest BCUT2D eigenvalue weighted by Crippen LogP contribution is 2.45. The number of hydrogen-bond acceptors (Lipinski definition) is 6. The van der Waals surface area contributed by atoms with Crippen LogP contribution in [-0.4, -0.2) is 30.6 Å². The fraction of sp³-hybridized carbons (Fsp3) is 0.478. The van der Waals surface area contributed by atoms with E-state index in [9.17, 15) is 9.59 Å². The average molecular weight is 431 g/mol. The Hall–Kier alpha value is -2.38. The van der Waals surface area contributed by atoms with Crippen LogP contribution in [0.15, 0.2) is 24.3 Å². The van der Waals surface area contributed by atoms with Gasteiger partial charge in [0.05, 0.1) is 12.2 Å². The maximum absolute atomic E-state index is 12.8. The second kappa shape index (κ2) is 8.40. The average Bonchev–Trinajstić information content (AvgIpc) is 2.98. The molecule has 0 fully saturated rings. The third kappa shape index (κ3) is 4.84. The Balaban J connectivity index is 1.86. The first kappa shape index (κ1) is 22.3. The first-order valence-corrected chi connectivity index (χ1v) is 11.0. The lowest BCUT2D eigenvalue weighted by Gasteiger charge is -2.42. The van der Waals surface area contributed by atoms with Crippen LogP contribution >= 0.6 is 11.3 Å². The predicted octanol–water partition coefficient (Wildman–Crippen LogP) is 4.41. The zero-order valence-electron chi connectivity index (χ0n) is 18.5. The molecule has 0 radical (unpaired) electrons. The van der Waals surface area contributed by atoms with Gasteiger partial charge in [-0.3, -0.25) is 4.79 Å². The molecule has 0 saturated heterocycles. The molecule has 162 valence electrons. The van der Waals surface area contributed by atoms with Crippen LogP contribution in [0.5, 0.6) is 5.75 Å². The maximum atomic E-state index is 12.8. The van der Waals surface area contributed by atoms with Gasteiger partial charge < -0.3 is 20.1 Å². The van der Waals surface area contributed by atoms with E-state index in [4.69, 9.17) is 9.47 Å². The number of rotatable bonds is 6. The Kier molecular flexibility index (Phi) is 6.24. The maximum Gasteiger partial charge on any atom is 0.341 e. The van der Waals surface area contributed by atoms with E-state index in [1.165, 1.54) is 11.3 Å². The summed E-state index contributed by atoms with van der Waals surface area (Å²) in [5.41, 5.74) is 2.01. The number of ether oxygens (including phenoxy) is 2. The lowest BCUT2D eigenvalue weighted by molar-refractivity contribution is -0.118. The van der Waals surface area contributed by atoms with E-state index in [0.29, 0.717) is 22.7 Å². The molecule has 0 aliphatic carbocycles. The molecular formula is C23H30N2O4S. The molecule has 0 bridgehead atoms. The van der Waals surface area contributed by atoms with Crippen LogP contribution in [0.1, 0.15) is 61.0 Å². The molecule has 2 aromatic rings. The van der Waals surface area contributed by atoms with Crippen molar-refractivity contribution in [3.05, 3.63) is 45.8 Å². The van der Waals surface area contributed by atoms with Gasteiger partial charge in [0, 0.05) is 16.0 Å². The fourth-order valence-corrected chi connectivity index (χ4v) is 5.26. The Labute approximate surface area is 182 Å². The van der Waals surface area contributed by atoms with Gasteiger partial charge in [0.1, 0.15) is 10.8 Å². The van der Waals surface area contributed by atoms with E-state index in [1.54, 1.807) is 6.92 Å². The van der Waals surface area contributed by atoms with Gasteiger partial charge in [-0.2, -0.15) is 0 Å². The molecule has 0 atom stereocenters. The molecule has 1 amide bonds. The Morgan fingerprint density at radius 2 is 1.83 bits per heavy atom. The van der Waals surface area contributed by atoms with Gasteiger partial charge in [0.25, 0.3) is 5.91 Å². The van der Waals surface area contributed by atoms with Gasteiger partial charge in [0.2, 0.25) is 0 Å². The van der Waals surface area contributed by atoms with E-state index in [1.807, 2.05) is 31.2 Å². The molecule has 7 heteroatoms. The Bertz CT molecular complexity index is 945. The van der Waals surface area contributed by atoms with Crippen LogP contribution in [0.3, 0.4) is 0 Å². The van der Waals surface area contributed by atoms with E-state index in [2.05, 4.69) is 38.3 Å². The molecule has 6 nitrogen and oxygen atoms in total. The quantitative estimate of drug-likeness (QED) is 0.664. The monoisotopic (exact) mass is 430 g/mol. The standard InChI is InChI=1S/C23H30N2O4S/c1-7-28-21(27)18-16-12-22(3,4)25-23(5,6)19(16)30-20(18)24-17(26)13-29-15-10-8-14(2)9-11-15/h8-11,25H,7,12-13H2,1-6H3,(H,24,26). The normalized spacial score (nSPS) is 16.5. The number of carbonyl (C=O) groups excluding carboxylic acids is 2. The first-order valence-electron chi connectivity index (χ1n) is 10.1. The lowest BCUT2D eigenvalue weighted by atomic mass is 9.81. The summed E-state index contributed by atoms with van der Waals surface area (Å²) in [5.74, 6) is -0.0954. The second-order valence-corrected chi connectivity index (χ2v) is 9.82. The summed E-state index contributed by atoms with van der Waals surface area (Å²) in [5, 5.41) is 7.02. The van der Waals surface area contributed by atoms with Crippen molar-refractivity contribution < 1.29 is 19.1 Å². The van der Waals surface area contributed by atoms with Crippen molar-refractivity contribution in [2.75, 3.05) is 18.5 Å². The van der Waals surface area contributed by atoms with Gasteiger partial charge in [-0.1, -0.05) is 17.7 Å². The van der Waals surface area contributed by atoms with Crippen molar-refractivity contribution in [1.82, 2.24) is 5.32 Å². The minimum absolute atomic E-state index is 0.138. The van der Waals surface area contributed by atoms with Crippen molar-refractivity contribution in [3.63, 3.8) is 0 Å². The molecule has 0 unspecified atom stereocenters. The molecule has 3 rings (SSSR count). The number of benzene rings is 1. The number of nitrogens with one attached hydrogen (secondary N) is 2. The Morgan fingerprint density at radius 3 is 2.47 bits per heavy atom. The van der Waals surface area contributed by atoms with Gasteiger partial charge in [-0.05, 0) is 65.7 Å². The molecule has 0 spiro atoms.